The van der Waals surface area contributed by atoms with Crippen LogP contribution in [0.15, 0.2) is 53.5 Å². The fourth-order valence-corrected chi connectivity index (χ4v) is 4.64. The quantitative estimate of drug-likeness (QED) is 0.806. The largest absolute Gasteiger partial charge is 0.297 e. The predicted molar refractivity (Wildman–Crippen MR) is 91.9 cm³/mol. The lowest BCUT2D eigenvalue weighted by Gasteiger charge is -2.33. The Hall–Kier alpha value is -2.40. The van der Waals surface area contributed by atoms with Crippen LogP contribution in [-0.2, 0) is 6.54 Å². The third kappa shape index (κ3) is 2.19. The number of benzene rings is 1. The van der Waals surface area contributed by atoms with Gasteiger partial charge in [0.1, 0.15) is 0 Å². The minimum Gasteiger partial charge on any atom is -0.297 e. The zero-order valence-electron chi connectivity index (χ0n) is 13.4. The monoisotopic (exact) mass is 320 g/mol. The fraction of sp³-hybridized carbons (Fsp3) is 0.368. The van der Waals surface area contributed by atoms with Gasteiger partial charge in [-0.05, 0) is 30.2 Å². The summed E-state index contributed by atoms with van der Waals surface area (Å²) < 4.78 is 1.48. The molecule has 1 saturated carbocycles. The van der Waals surface area contributed by atoms with Crippen molar-refractivity contribution in [2.75, 3.05) is 6.54 Å². The number of aromatic amines is 1. The van der Waals surface area contributed by atoms with E-state index in [0.29, 0.717) is 17.6 Å². The standard InChI is InChI=1S/C19H20N4O/c24-19-10-15(21-18-6-7-20-23(18)19)12-22-11-13-8-16(17(22)9-13)14-4-2-1-3-5-14/h1-7,10,13,16-17,20H,8-9,11-12H2/t13-,16+,17-/m1/s1. The highest BCUT2D eigenvalue weighted by molar-refractivity contribution is 5.36. The molecular formula is C19H20N4O. The smallest absolute Gasteiger partial charge is 0.272 e. The van der Waals surface area contributed by atoms with Gasteiger partial charge < -0.3 is 0 Å². The van der Waals surface area contributed by atoms with Gasteiger partial charge in [-0.2, -0.15) is 0 Å². The van der Waals surface area contributed by atoms with Crippen molar-refractivity contribution in [2.24, 2.45) is 5.92 Å². The Balaban J connectivity index is 1.42. The molecule has 3 heterocycles. The molecule has 5 nitrogen and oxygen atoms in total. The van der Waals surface area contributed by atoms with Crippen LogP contribution in [0.3, 0.4) is 0 Å². The Morgan fingerprint density at radius 2 is 2.04 bits per heavy atom. The number of likely N-dealkylation sites (tertiary alicyclic amines) is 1. The molecule has 1 aliphatic carbocycles. The highest BCUT2D eigenvalue weighted by Crippen LogP contribution is 2.47. The molecule has 24 heavy (non-hydrogen) atoms. The van der Waals surface area contributed by atoms with Gasteiger partial charge in [0.15, 0.2) is 5.65 Å². The van der Waals surface area contributed by atoms with E-state index in [2.05, 4.69) is 45.3 Å². The van der Waals surface area contributed by atoms with E-state index in [1.54, 1.807) is 12.3 Å². The molecule has 122 valence electrons. The number of hydrogen-bond donors (Lipinski definition) is 1. The van der Waals surface area contributed by atoms with Crippen molar-refractivity contribution in [3.8, 4) is 0 Å². The van der Waals surface area contributed by atoms with Gasteiger partial charge in [0.2, 0.25) is 0 Å². The van der Waals surface area contributed by atoms with Crippen LogP contribution in [0.25, 0.3) is 5.65 Å². The first kappa shape index (κ1) is 14.0. The first-order valence-corrected chi connectivity index (χ1v) is 8.63. The molecule has 3 atom stereocenters. The number of piperidine rings is 1. The van der Waals surface area contributed by atoms with Crippen molar-refractivity contribution in [3.05, 3.63) is 70.3 Å². The summed E-state index contributed by atoms with van der Waals surface area (Å²) in [7, 11) is 0. The second-order valence-corrected chi connectivity index (χ2v) is 7.09. The summed E-state index contributed by atoms with van der Waals surface area (Å²) >= 11 is 0. The lowest BCUT2D eigenvalue weighted by Crippen LogP contribution is -2.37. The molecule has 5 rings (SSSR count). The van der Waals surface area contributed by atoms with Crippen molar-refractivity contribution in [1.29, 1.82) is 0 Å². The van der Waals surface area contributed by atoms with E-state index in [1.807, 2.05) is 6.07 Å². The first-order chi connectivity index (χ1) is 11.8. The number of nitrogens with one attached hydrogen (secondary N) is 1. The third-order valence-electron chi connectivity index (χ3n) is 5.61. The van der Waals surface area contributed by atoms with Gasteiger partial charge in [0.25, 0.3) is 5.56 Å². The summed E-state index contributed by atoms with van der Waals surface area (Å²) in [6, 6.07) is 14.9. The first-order valence-electron chi connectivity index (χ1n) is 8.63. The van der Waals surface area contributed by atoms with Gasteiger partial charge in [-0.1, -0.05) is 30.3 Å². The average Bonchev–Trinajstić information content (AvgIpc) is 3.30. The van der Waals surface area contributed by atoms with Crippen molar-refractivity contribution < 1.29 is 0 Å². The molecule has 1 N–H and O–H groups in total. The summed E-state index contributed by atoms with van der Waals surface area (Å²) in [4.78, 5) is 19.3. The maximum absolute atomic E-state index is 12.2. The maximum Gasteiger partial charge on any atom is 0.272 e. The van der Waals surface area contributed by atoms with Gasteiger partial charge in [-0.15, -0.1) is 0 Å². The van der Waals surface area contributed by atoms with Crippen LogP contribution in [0.4, 0.5) is 0 Å². The van der Waals surface area contributed by atoms with Crippen molar-refractivity contribution >= 4 is 5.65 Å². The third-order valence-corrected chi connectivity index (χ3v) is 5.61. The Bertz CT molecular complexity index is 929. The molecule has 0 amide bonds. The molecule has 2 aliphatic rings. The molecule has 3 aromatic rings. The lowest BCUT2D eigenvalue weighted by molar-refractivity contribution is 0.182. The van der Waals surface area contributed by atoms with Crippen LogP contribution in [-0.4, -0.2) is 32.1 Å². The molecule has 2 aromatic heterocycles. The molecule has 0 spiro atoms. The van der Waals surface area contributed by atoms with Gasteiger partial charge >= 0.3 is 0 Å². The summed E-state index contributed by atoms with van der Waals surface area (Å²) in [5.41, 5.74) is 2.98. The molecule has 2 bridgehead atoms. The van der Waals surface area contributed by atoms with E-state index in [9.17, 15) is 4.79 Å². The SMILES string of the molecule is O=c1cc(CN2C[C@H]3C[C@@H]2[C@H](c2ccccc2)C3)nc2cc[nH]n12. The lowest BCUT2D eigenvalue weighted by atomic mass is 9.90. The molecule has 0 radical (unpaired) electrons. The zero-order valence-corrected chi connectivity index (χ0v) is 13.4. The number of H-pyrrole nitrogens is 1. The molecule has 1 aromatic carbocycles. The van der Waals surface area contributed by atoms with Gasteiger partial charge in [0, 0.05) is 37.5 Å². The molecule has 1 aliphatic heterocycles. The number of fused-ring (bicyclic) bond motifs is 3. The van der Waals surface area contributed by atoms with Crippen LogP contribution in [0.2, 0.25) is 0 Å². The topological polar surface area (TPSA) is 53.4 Å². The van der Waals surface area contributed by atoms with Gasteiger partial charge in [-0.25, -0.2) is 9.50 Å². The number of hydrogen-bond acceptors (Lipinski definition) is 3. The Labute approximate surface area is 139 Å². The van der Waals surface area contributed by atoms with E-state index in [-0.39, 0.29) is 5.56 Å². The number of nitrogens with zero attached hydrogens (tertiary/aromatic N) is 3. The average molecular weight is 320 g/mol. The number of rotatable bonds is 3. The number of aromatic nitrogens is 3. The predicted octanol–water partition coefficient (Wildman–Crippen LogP) is 2.40. The maximum atomic E-state index is 12.2. The van der Waals surface area contributed by atoms with E-state index >= 15 is 0 Å². The van der Waals surface area contributed by atoms with Crippen molar-refractivity contribution in [1.82, 2.24) is 19.5 Å². The van der Waals surface area contributed by atoms with E-state index in [0.717, 1.165) is 24.7 Å². The summed E-state index contributed by atoms with van der Waals surface area (Å²) in [6.45, 7) is 1.89. The van der Waals surface area contributed by atoms with Crippen LogP contribution >= 0.6 is 0 Å². The normalized spacial score (nSPS) is 26.4. The highest BCUT2D eigenvalue weighted by atomic mass is 16.1. The Kier molecular flexibility index (Phi) is 3.10. The Morgan fingerprint density at radius 1 is 1.17 bits per heavy atom. The highest BCUT2D eigenvalue weighted by Gasteiger charge is 2.45. The van der Waals surface area contributed by atoms with Crippen LogP contribution in [0.5, 0.6) is 0 Å². The van der Waals surface area contributed by atoms with Crippen LogP contribution in [0.1, 0.15) is 30.0 Å². The Morgan fingerprint density at radius 3 is 2.88 bits per heavy atom. The van der Waals surface area contributed by atoms with Gasteiger partial charge in [0.05, 0.1) is 5.69 Å². The van der Waals surface area contributed by atoms with E-state index in [4.69, 9.17) is 0 Å². The van der Waals surface area contributed by atoms with E-state index in [1.165, 1.54) is 22.9 Å². The second-order valence-electron chi connectivity index (χ2n) is 7.09. The molecule has 1 saturated heterocycles. The van der Waals surface area contributed by atoms with Crippen LogP contribution < -0.4 is 5.56 Å². The minimum absolute atomic E-state index is 0.0380. The van der Waals surface area contributed by atoms with Crippen molar-refractivity contribution in [2.45, 2.75) is 31.3 Å². The van der Waals surface area contributed by atoms with Crippen LogP contribution in [0, 0.1) is 5.92 Å². The molecular weight excluding hydrogens is 300 g/mol. The minimum atomic E-state index is -0.0380. The second kappa shape index (κ2) is 5.31. The zero-order chi connectivity index (χ0) is 16.1. The summed E-state index contributed by atoms with van der Waals surface area (Å²) in [6.07, 6.45) is 4.31. The fourth-order valence-electron chi connectivity index (χ4n) is 4.64. The van der Waals surface area contributed by atoms with E-state index < -0.39 is 0 Å². The molecule has 5 heteroatoms. The van der Waals surface area contributed by atoms with Crippen molar-refractivity contribution in [3.63, 3.8) is 0 Å². The molecule has 2 fully saturated rings. The summed E-state index contributed by atoms with van der Waals surface area (Å²) in [5.74, 6) is 1.39. The van der Waals surface area contributed by atoms with Gasteiger partial charge in [-0.3, -0.25) is 14.8 Å². The summed E-state index contributed by atoms with van der Waals surface area (Å²) in [5, 5.41) is 2.89. The molecule has 0 unspecified atom stereocenters.